The molecule has 0 spiro atoms. The summed E-state index contributed by atoms with van der Waals surface area (Å²) in [5, 5.41) is 6.48. The molecular formula is C26H34N2O2. The number of nitrogens with one attached hydrogen (secondary N) is 2. The first-order chi connectivity index (χ1) is 14.5. The minimum Gasteiger partial charge on any atom is -0.324 e. The van der Waals surface area contributed by atoms with E-state index in [-0.39, 0.29) is 22.6 Å². The first kappa shape index (κ1) is 18.0. The fraction of sp³-hybridized carbons (Fsp3) is 0.769. The van der Waals surface area contributed by atoms with Crippen LogP contribution in [0.3, 0.4) is 0 Å². The summed E-state index contributed by atoms with van der Waals surface area (Å²) in [5.41, 5.74) is 1.41. The molecule has 0 saturated heterocycles. The zero-order valence-electron chi connectivity index (χ0n) is 17.9. The molecule has 0 aromatic carbocycles. The zero-order valence-corrected chi connectivity index (χ0v) is 17.9. The summed E-state index contributed by atoms with van der Waals surface area (Å²) in [7, 11) is 0. The predicted octanol–water partition coefficient (Wildman–Crippen LogP) is 4.43. The van der Waals surface area contributed by atoms with Crippen molar-refractivity contribution in [3.8, 4) is 0 Å². The van der Waals surface area contributed by atoms with Gasteiger partial charge in [-0.1, -0.05) is 0 Å². The van der Waals surface area contributed by atoms with E-state index in [9.17, 15) is 9.59 Å². The maximum absolute atomic E-state index is 13.4. The van der Waals surface area contributed by atoms with E-state index in [4.69, 9.17) is 0 Å². The third-order valence-corrected chi connectivity index (χ3v) is 10.2. The number of hydrogen-bond donors (Lipinski definition) is 2. The van der Waals surface area contributed by atoms with Gasteiger partial charge in [0, 0.05) is 0 Å². The second-order valence-electron chi connectivity index (χ2n) is 12.5. The summed E-state index contributed by atoms with van der Waals surface area (Å²) < 4.78 is 0. The summed E-state index contributed by atoms with van der Waals surface area (Å²) in [5.74, 6) is 5.05. The molecule has 8 bridgehead atoms. The Bertz CT molecular complexity index is 741. The Kier molecular flexibility index (Phi) is 3.61. The van der Waals surface area contributed by atoms with Gasteiger partial charge < -0.3 is 10.6 Å². The van der Waals surface area contributed by atoms with Gasteiger partial charge in [0.05, 0.1) is 22.2 Å². The van der Waals surface area contributed by atoms with Crippen molar-refractivity contribution in [3.05, 3.63) is 23.5 Å². The minimum atomic E-state index is -0.139. The lowest BCUT2D eigenvalue weighted by molar-refractivity contribution is -0.146. The third kappa shape index (κ3) is 2.58. The highest BCUT2D eigenvalue weighted by atomic mass is 16.2. The largest absolute Gasteiger partial charge is 0.324 e. The van der Waals surface area contributed by atoms with Gasteiger partial charge in [-0.3, -0.25) is 9.59 Å². The highest BCUT2D eigenvalue weighted by Crippen LogP contribution is 2.61. The van der Waals surface area contributed by atoms with Crippen LogP contribution >= 0.6 is 0 Å². The molecule has 2 N–H and O–H groups in total. The molecule has 8 fully saturated rings. The van der Waals surface area contributed by atoms with Gasteiger partial charge in [-0.05, 0) is 125 Å². The van der Waals surface area contributed by atoms with E-state index in [0.717, 1.165) is 85.4 Å². The average Bonchev–Trinajstić information content (AvgIpc) is 2.67. The molecule has 0 atom stereocenters. The van der Waals surface area contributed by atoms with Gasteiger partial charge in [-0.15, -0.1) is 0 Å². The summed E-state index contributed by atoms with van der Waals surface area (Å²) in [4.78, 5) is 26.7. The van der Waals surface area contributed by atoms with Gasteiger partial charge in [0.25, 0.3) is 0 Å². The van der Waals surface area contributed by atoms with Crippen molar-refractivity contribution < 1.29 is 9.59 Å². The Balaban J connectivity index is 1.06. The van der Waals surface area contributed by atoms with E-state index in [1.165, 1.54) is 38.5 Å². The second kappa shape index (κ2) is 6.01. The molecule has 9 aliphatic rings. The lowest BCUT2D eigenvalue weighted by Gasteiger charge is -2.56. The lowest BCUT2D eigenvalue weighted by atomic mass is 9.49. The lowest BCUT2D eigenvalue weighted by Crippen LogP contribution is -2.55. The van der Waals surface area contributed by atoms with Crippen LogP contribution in [0, 0.1) is 46.3 Å². The molecule has 9 aliphatic carbocycles. The van der Waals surface area contributed by atoms with Gasteiger partial charge in [-0.2, -0.15) is 0 Å². The topological polar surface area (TPSA) is 58.2 Å². The van der Waals surface area contributed by atoms with E-state index in [1.807, 2.05) is 12.2 Å². The number of rotatable bonds is 4. The van der Waals surface area contributed by atoms with Crippen LogP contribution in [-0.2, 0) is 9.59 Å². The number of carbonyl (C=O) groups excluding carboxylic acids is 2. The molecule has 0 aromatic heterocycles. The van der Waals surface area contributed by atoms with Crippen molar-refractivity contribution in [2.75, 3.05) is 0 Å². The summed E-state index contributed by atoms with van der Waals surface area (Å²) in [6.07, 6.45) is 18.5. The van der Waals surface area contributed by atoms with Crippen LogP contribution in [0.4, 0.5) is 0 Å². The molecule has 4 nitrogen and oxygen atoms in total. The van der Waals surface area contributed by atoms with Crippen molar-refractivity contribution in [2.24, 2.45) is 46.3 Å². The Labute approximate surface area is 179 Å². The Morgan fingerprint density at radius 3 is 1.07 bits per heavy atom. The number of carbonyl (C=O) groups is 2. The van der Waals surface area contributed by atoms with Crippen LogP contribution in [0.25, 0.3) is 0 Å². The molecule has 2 amide bonds. The SMILES string of the molecule is O=C(NC1=C(NC(=O)C23CC4CC(CC(C4)C2)C3)C=C1)C12CC3CC(CC(C3)C1)C2. The first-order valence-corrected chi connectivity index (χ1v) is 12.5. The van der Waals surface area contributed by atoms with Crippen molar-refractivity contribution in [1.82, 2.24) is 10.6 Å². The van der Waals surface area contributed by atoms with Crippen molar-refractivity contribution in [2.45, 2.75) is 77.0 Å². The molecule has 160 valence electrons. The smallest absolute Gasteiger partial charge is 0.230 e. The van der Waals surface area contributed by atoms with E-state index >= 15 is 0 Å². The molecule has 0 heterocycles. The number of hydrogen-bond acceptors (Lipinski definition) is 2. The summed E-state index contributed by atoms with van der Waals surface area (Å²) >= 11 is 0. The van der Waals surface area contributed by atoms with Gasteiger partial charge in [-0.25, -0.2) is 0 Å². The molecule has 0 unspecified atom stereocenters. The average molecular weight is 407 g/mol. The number of allylic oxidation sites excluding steroid dienone is 2. The maximum atomic E-state index is 13.4. The fourth-order valence-corrected chi connectivity index (χ4v) is 9.76. The van der Waals surface area contributed by atoms with E-state index < -0.39 is 0 Å². The minimum absolute atomic E-state index is 0.139. The zero-order chi connectivity index (χ0) is 20.1. The summed E-state index contributed by atoms with van der Waals surface area (Å²) in [6.45, 7) is 0. The molecule has 30 heavy (non-hydrogen) atoms. The van der Waals surface area contributed by atoms with Gasteiger partial charge in [0.2, 0.25) is 11.8 Å². The summed E-state index contributed by atoms with van der Waals surface area (Å²) in [6, 6.07) is 0. The molecule has 4 heteroatoms. The Morgan fingerprint density at radius 2 is 0.833 bits per heavy atom. The Morgan fingerprint density at radius 1 is 0.567 bits per heavy atom. The molecule has 8 saturated carbocycles. The highest BCUT2D eigenvalue weighted by molar-refractivity contribution is 5.88. The monoisotopic (exact) mass is 406 g/mol. The van der Waals surface area contributed by atoms with Crippen LogP contribution in [0.1, 0.15) is 77.0 Å². The quantitative estimate of drug-likeness (QED) is 0.725. The van der Waals surface area contributed by atoms with Crippen LogP contribution in [0.15, 0.2) is 23.5 Å². The molecular weight excluding hydrogens is 372 g/mol. The molecule has 9 rings (SSSR count). The standard InChI is InChI=1S/C26H34N2O2/c29-23(25-9-15-3-16(10-25)5-17(4-15)11-25)27-21-1-2-22(21)28-24(30)26-12-18-6-19(13-26)8-20(7-18)14-26/h1-2,15-20H,3-14H2,(H,27,29)(H,28,30). The molecule has 0 aliphatic heterocycles. The van der Waals surface area contributed by atoms with Crippen molar-refractivity contribution >= 4 is 11.8 Å². The maximum Gasteiger partial charge on any atom is 0.230 e. The van der Waals surface area contributed by atoms with Crippen molar-refractivity contribution in [1.29, 1.82) is 0 Å². The van der Waals surface area contributed by atoms with Crippen LogP contribution in [-0.4, -0.2) is 11.8 Å². The normalized spacial score (nSPS) is 49.3. The van der Waals surface area contributed by atoms with E-state index in [1.54, 1.807) is 0 Å². The Hall–Kier alpha value is -1.58. The van der Waals surface area contributed by atoms with Crippen molar-refractivity contribution in [3.63, 3.8) is 0 Å². The van der Waals surface area contributed by atoms with Crippen LogP contribution in [0.5, 0.6) is 0 Å². The second-order valence-corrected chi connectivity index (χ2v) is 12.5. The third-order valence-electron chi connectivity index (χ3n) is 10.2. The van der Waals surface area contributed by atoms with E-state index in [2.05, 4.69) is 10.6 Å². The van der Waals surface area contributed by atoms with Gasteiger partial charge in [0.1, 0.15) is 0 Å². The van der Waals surface area contributed by atoms with Crippen LogP contribution in [0.2, 0.25) is 0 Å². The first-order valence-electron chi connectivity index (χ1n) is 12.5. The predicted molar refractivity (Wildman–Crippen MR) is 114 cm³/mol. The van der Waals surface area contributed by atoms with Gasteiger partial charge in [0.15, 0.2) is 0 Å². The molecule has 0 radical (unpaired) electrons. The highest BCUT2D eigenvalue weighted by Gasteiger charge is 2.56. The number of amides is 2. The fourth-order valence-electron chi connectivity index (χ4n) is 9.76. The van der Waals surface area contributed by atoms with Crippen LogP contribution < -0.4 is 10.6 Å². The van der Waals surface area contributed by atoms with Gasteiger partial charge >= 0.3 is 0 Å². The van der Waals surface area contributed by atoms with E-state index in [0.29, 0.717) is 0 Å². The molecule has 0 aromatic rings.